The van der Waals surface area contributed by atoms with Crippen LogP contribution < -0.4 is 4.74 Å². The second-order valence-corrected chi connectivity index (χ2v) is 4.59. The smallest absolute Gasteiger partial charge is 0.121 e. The van der Waals surface area contributed by atoms with E-state index in [9.17, 15) is 0 Å². The highest BCUT2D eigenvalue weighted by Gasteiger charge is 2.09. The molecule has 0 aliphatic rings. The van der Waals surface area contributed by atoms with E-state index in [1.807, 2.05) is 19.1 Å². The van der Waals surface area contributed by atoms with Crippen LogP contribution in [0.3, 0.4) is 0 Å². The third-order valence-corrected chi connectivity index (χ3v) is 3.27. The number of rotatable bonds is 6. The highest BCUT2D eigenvalue weighted by molar-refractivity contribution is 7.79. The topological polar surface area (TPSA) is 27.1 Å². The fourth-order valence-corrected chi connectivity index (χ4v) is 2.34. The molecular formula is C14H20N2OS. The molecule has 2 aromatic rings. The summed E-state index contributed by atoms with van der Waals surface area (Å²) in [6.07, 6.45) is 2.35. The van der Waals surface area contributed by atoms with Gasteiger partial charge in [-0.2, -0.15) is 12.6 Å². The van der Waals surface area contributed by atoms with Gasteiger partial charge in [-0.15, -0.1) is 0 Å². The Bertz CT molecular complexity index is 522. The first-order valence-electron chi connectivity index (χ1n) is 6.53. The van der Waals surface area contributed by atoms with Crippen LogP contribution in [0.25, 0.3) is 11.0 Å². The number of thiol groups is 1. The van der Waals surface area contributed by atoms with Crippen LogP contribution in [0.1, 0.15) is 32.5 Å². The molecule has 0 amide bonds. The molecule has 18 heavy (non-hydrogen) atoms. The third kappa shape index (κ3) is 2.64. The van der Waals surface area contributed by atoms with Gasteiger partial charge in [0.05, 0.1) is 17.6 Å². The molecule has 98 valence electrons. The molecule has 0 fully saturated rings. The van der Waals surface area contributed by atoms with Crippen molar-refractivity contribution in [1.82, 2.24) is 9.55 Å². The molecule has 1 heterocycles. The number of imidazole rings is 1. The van der Waals surface area contributed by atoms with Crippen molar-refractivity contribution in [3.63, 3.8) is 0 Å². The first-order chi connectivity index (χ1) is 8.80. The van der Waals surface area contributed by atoms with Gasteiger partial charge < -0.3 is 9.30 Å². The molecule has 4 heteroatoms. The highest BCUT2D eigenvalue weighted by Crippen LogP contribution is 2.23. The van der Waals surface area contributed by atoms with Gasteiger partial charge in [-0.05, 0) is 25.5 Å². The Balaban J connectivity index is 2.41. The van der Waals surface area contributed by atoms with Gasteiger partial charge in [0, 0.05) is 18.4 Å². The summed E-state index contributed by atoms with van der Waals surface area (Å²) in [5.74, 6) is 2.59. The zero-order chi connectivity index (χ0) is 13.0. The average Bonchev–Trinajstić information content (AvgIpc) is 2.73. The maximum Gasteiger partial charge on any atom is 0.121 e. The summed E-state index contributed by atoms with van der Waals surface area (Å²) < 4.78 is 7.77. The number of nitrogens with zero attached hydrogens (tertiary/aromatic N) is 2. The van der Waals surface area contributed by atoms with Crippen molar-refractivity contribution in [3.8, 4) is 5.75 Å². The molecule has 0 saturated carbocycles. The SMILES string of the molecule is CCCCn1c(CS)nc2cc(OCC)ccc21. The van der Waals surface area contributed by atoms with Gasteiger partial charge in [0.2, 0.25) is 0 Å². The number of hydrogen-bond donors (Lipinski definition) is 1. The zero-order valence-electron chi connectivity index (χ0n) is 11.0. The number of ether oxygens (including phenoxy) is 1. The van der Waals surface area contributed by atoms with Gasteiger partial charge in [0.25, 0.3) is 0 Å². The lowest BCUT2D eigenvalue weighted by Gasteiger charge is -2.07. The minimum atomic E-state index is 0.669. The van der Waals surface area contributed by atoms with E-state index >= 15 is 0 Å². The van der Waals surface area contributed by atoms with Crippen LogP contribution in [0.5, 0.6) is 5.75 Å². The van der Waals surface area contributed by atoms with Crippen LogP contribution in [-0.2, 0) is 12.3 Å². The summed E-state index contributed by atoms with van der Waals surface area (Å²) in [7, 11) is 0. The van der Waals surface area contributed by atoms with Gasteiger partial charge >= 0.3 is 0 Å². The van der Waals surface area contributed by atoms with Gasteiger partial charge in [0.15, 0.2) is 0 Å². The van der Waals surface area contributed by atoms with Crippen molar-refractivity contribution >= 4 is 23.7 Å². The van der Waals surface area contributed by atoms with Crippen molar-refractivity contribution in [1.29, 1.82) is 0 Å². The summed E-state index contributed by atoms with van der Waals surface area (Å²) in [4.78, 5) is 4.63. The average molecular weight is 264 g/mol. The lowest BCUT2D eigenvalue weighted by atomic mass is 10.3. The maximum atomic E-state index is 5.51. The van der Waals surface area contributed by atoms with Crippen LogP contribution >= 0.6 is 12.6 Å². The molecule has 0 N–H and O–H groups in total. The molecule has 0 saturated heterocycles. The van der Waals surface area contributed by atoms with E-state index in [1.165, 1.54) is 18.4 Å². The first kappa shape index (κ1) is 13.3. The molecule has 0 aliphatic heterocycles. The van der Waals surface area contributed by atoms with Crippen molar-refractivity contribution in [2.24, 2.45) is 0 Å². The van der Waals surface area contributed by atoms with Gasteiger partial charge in [-0.1, -0.05) is 13.3 Å². The van der Waals surface area contributed by atoms with E-state index in [0.29, 0.717) is 12.4 Å². The zero-order valence-corrected chi connectivity index (χ0v) is 11.9. The minimum Gasteiger partial charge on any atom is -0.494 e. The molecule has 1 aromatic carbocycles. The summed E-state index contributed by atoms with van der Waals surface area (Å²) >= 11 is 4.37. The fraction of sp³-hybridized carbons (Fsp3) is 0.500. The highest BCUT2D eigenvalue weighted by atomic mass is 32.1. The van der Waals surface area contributed by atoms with E-state index in [0.717, 1.165) is 23.6 Å². The van der Waals surface area contributed by atoms with Crippen LogP contribution in [0.2, 0.25) is 0 Å². The molecule has 0 radical (unpaired) electrons. The van der Waals surface area contributed by atoms with E-state index in [-0.39, 0.29) is 0 Å². The Kier molecular flexibility index (Phi) is 4.53. The molecule has 0 spiro atoms. The molecule has 3 nitrogen and oxygen atoms in total. The number of hydrogen-bond acceptors (Lipinski definition) is 3. The standard InChI is InChI=1S/C14H20N2OS/c1-3-5-8-16-13-7-6-11(17-4-2)9-12(13)15-14(16)10-18/h6-7,9,18H,3-5,8,10H2,1-2H3. The largest absolute Gasteiger partial charge is 0.494 e. The Morgan fingerprint density at radius 3 is 2.83 bits per heavy atom. The predicted octanol–water partition coefficient (Wildman–Crippen LogP) is 3.66. The molecule has 1 aromatic heterocycles. The van der Waals surface area contributed by atoms with Gasteiger partial charge in [-0.3, -0.25) is 0 Å². The third-order valence-electron chi connectivity index (χ3n) is 2.99. The summed E-state index contributed by atoms with van der Waals surface area (Å²) in [5.41, 5.74) is 2.18. The number of fused-ring (bicyclic) bond motifs is 1. The number of aromatic nitrogens is 2. The lowest BCUT2D eigenvalue weighted by Crippen LogP contribution is -2.02. The van der Waals surface area contributed by atoms with Crippen molar-refractivity contribution in [3.05, 3.63) is 24.0 Å². The quantitative estimate of drug-likeness (QED) is 0.806. The number of aryl methyl sites for hydroxylation is 1. The van der Waals surface area contributed by atoms with Crippen molar-refractivity contribution in [2.45, 2.75) is 39.0 Å². The lowest BCUT2D eigenvalue weighted by molar-refractivity contribution is 0.340. The molecule has 0 bridgehead atoms. The summed E-state index contributed by atoms with van der Waals surface area (Å²) in [6.45, 7) is 5.88. The molecule has 0 atom stereocenters. The molecule has 2 rings (SSSR count). The Morgan fingerprint density at radius 1 is 1.33 bits per heavy atom. The summed E-state index contributed by atoms with van der Waals surface area (Å²) in [6, 6.07) is 6.11. The van der Waals surface area contributed by atoms with Crippen molar-refractivity contribution in [2.75, 3.05) is 6.61 Å². The molecule has 0 unspecified atom stereocenters. The van der Waals surface area contributed by atoms with E-state index in [4.69, 9.17) is 4.74 Å². The Morgan fingerprint density at radius 2 is 2.17 bits per heavy atom. The monoisotopic (exact) mass is 264 g/mol. The second kappa shape index (κ2) is 6.14. The number of benzene rings is 1. The Labute approximate surface area is 114 Å². The molecule has 0 aliphatic carbocycles. The minimum absolute atomic E-state index is 0.669. The van der Waals surface area contributed by atoms with Crippen LogP contribution in [0.4, 0.5) is 0 Å². The van der Waals surface area contributed by atoms with E-state index in [1.54, 1.807) is 0 Å². The number of unbranched alkanes of at least 4 members (excludes halogenated alkanes) is 1. The van der Waals surface area contributed by atoms with Gasteiger partial charge in [0.1, 0.15) is 11.6 Å². The first-order valence-corrected chi connectivity index (χ1v) is 7.16. The van der Waals surface area contributed by atoms with Gasteiger partial charge in [-0.25, -0.2) is 4.98 Å². The maximum absolute atomic E-state index is 5.51. The van der Waals surface area contributed by atoms with Crippen molar-refractivity contribution < 1.29 is 4.74 Å². The predicted molar refractivity (Wildman–Crippen MR) is 78.5 cm³/mol. The summed E-state index contributed by atoms with van der Waals surface area (Å²) in [5, 5.41) is 0. The van der Waals surface area contributed by atoms with E-state index in [2.05, 4.69) is 35.2 Å². The van der Waals surface area contributed by atoms with E-state index < -0.39 is 0 Å². The Hall–Kier alpha value is -1.16. The molecular weight excluding hydrogens is 244 g/mol. The normalized spacial score (nSPS) is 11.1. The fourth-order valence-electron chi connectivity index (χ4n) is 2.10. The van der Waals surface area contributed by atoms with Crippen LogP contribution in [-0.4, -0.2) is 16.2 Å². The second-order valence-electron chi connectivity index (χ2n) is 4.27. The van der Waals surface area contributed by atoms with Crippen LogP contribution in [0.15, 0.2) is 18.2 Å². The van der Waals surface area contributed by atoms with Crippen LogP contribution in [0, 0.1) is 0 Å².